The lowest BCUT2D eigenvalue weighted by molar-refractivity contribution is 0.429. The molecule has 2 N–H and O–H groups in total. The van der Waals surface area contributed by atoms with Crippen LogP contribution in [-0.4, -0.2) is 19.7 Å². The van der Waals surface area contributed by atoms with Gasteiger partial charge in [-0.1, -0.05) is 0 Å². The smallest absolute Gasteiger partial charge is 0.0513 e. The Balaban J connectivity index is 2.44. The van der Waals surface area contributed by atoms with Gasteiger partial charge in [-0.2, -0.15) is 0 Å². The molecule has 1 fully saturated rings. The summed E-state index contributed by atoms with van der Waals surface area (Å²) in [5, 5.41) is 0. The van der Waals surface area contributed by atoms with E-state index in [9.17, 15) is 8.76 Å². The third-order valence-corrected chi connectivity index (χ3v) is 3.90. The monoisotopic (exact) mass is 259 g/mol. The molecule has 1 heterocycles. The van der Waals surface area contributed by atoms with E-state index in [0.717, 1.165) is 19.4 Å². The van der Waals surface area contributed by atoms with Crippen molar-refractivity contribution in [1.29, 1.82) is 0 Å². The van der Waals surface area contributed by atoms with Gasteiger partial charge in [-0.3, -0.25) is 4.21 Å². The van der Waals surface area contributed by atoms with Crippen molar-refractivity contribution >= 4 is 28.5 Å². The van der Waals surface area contributed by atoms with E-state index in [2.05, 4.69) is 0 Å². The number of nitrogens with zero attached hydrogens (tertiary/aromatic N) is 1. The fraction of sp³-hybridized carbons (Fsp3) is 0.400. The van der Waals surface area contributed by atoms with Crippen LogP contribution in [0, 0.1) is 0 Å². The Morgan fingerprint density at radius 3 is 2.88 bits per heavy atom. The van der Waals surface area contributed by atoms with Crippen LogP contribution in [0.5, 0.6) is 0 Å². The van der Waals surface area contributed by atoms with Crippen LogP contribution < -0.4 is 5.73 Å². The molecule has 1 aromatic carbocycles. The number of rotatable bonds is 2. The van der Waals surface area contributed by atoms with Gasteiger partial charge in [-0.05, 0) is 59.5 Å². The average molecular weight is 260 g/mol. The van der Waals surface area contributed by atoms with E-state index in [0.29, 0.717) is 11.3 Å². The Bertz CT molecular complexity index is 427. The third kappa shape index (κ3) is 2.22. The lowest BCUT2D eigenvalue weighted by atomic mass is 10.0. The summed E-state index contributed by atoms with van der Waals surface area (Å²) < 4.78 is 23.8. The van der Waals surface area contributed by atoms with E-state index in [4.69, 9.17) is 17.5 Å². The van der Waals surface area contributed by atoms with Gasteiger partial charge in [0.15, 0.2) is 0 Å². The number of anilines is 1. The molecule has 0 aliphatic carbocycles. The zero-order valence-electron chi connectivity index (χ0n) is 8.56. The predicted molar refractivity (Wildman–Crippen MR) is 62.6 cm³/mol. The zero-order chi connectivity index (χ0) is 11.7. The van der Waals surface area contributed by atoms with Gasteiger partial charge in [-0.15, -0.1) is 0 Å². The lowest BCUT2D eigenvalue weighted by Crippen LogP contribution is -2.14. The fourth-order valence-electron chi connectivity index (χ4n) is 2.02. The SMILES string of the molecule is Nc1ccc(S(=O)[O-])c(C2CCCN2Cl)c1. The maximum absolute atomic E-state index is 11.1. The molecule has 0 saturated carbocycles. The molecule has 0 radical (unpaired) electrons. The Morgan fingerprint density at radius 2 is 2.31 bits per heavy atom. The summed E-state index contributed by atoms with van der Waals surface area (Å²) in [4.78, 5) is 0.284. The molecular weight excluding hydrogens is 248 g/mol. The average Bonchev–Trinajstić information content (AvgIpc) is 2.63. The first kappa shape index (κ1) is 11.9. The minimum atomic E-state index is -2.25. The standard InChI is InChI=1S/C10H13ClN2O2S/c11-13-5-1-2-9(13)8-6-7(12)3-4-10(8)16(14)15/h3-4,6,9H,1-2,5,12H2,(H,14,15)/p-1. The summed E-state index contributed by atoms with van der Waals surface area (Å²) in [7, 11) is 0. The summed E-state index contributed by atoms with van der Waals surface area (Å²) >= 11 is 3.78. The largest absolute Gasteiger partial charge is 0.768 e. The number of halogens is 1. The fourth-order valence-corrected chi connectivity index (χ4v) is 2.91. The highest BCUT2D eigenvalue weighted by molar-refractivity contribution is 7.79. The second-order valence-corrected chi connectivity index (χ2v) is 5.16. The summed E-state index contributed by atoms with van der Waals surface area (Å²) in [6.45, 7) is 0.770. The molecule has 1 aliphatic heterocycles. The molecule has 1 saturated heterocycles. The van der Waals surface area contributed by atoms with Crippen LogP contribution in [-0.2, 0) is 11.1 Å². The van der Waals surface area contributed by atoms with Crippen LogP contribution in [0.1, 0.15) is 24.4 Å². The first-order valence-corrected chi connectivity index (χ1v) is 6.42. The van der Waals surface area contributed by atoms with Crippen molar-refractivity contribution in [1.82, 2.24) is 4.42 Å². The van der Waals surface area contributed by atoms with Crippen LogP contribution in [0.2, 0.25) is 0 Å². The summed E-state index contributed by atoms with van der Waals surface area (Å²) in [5.41, 5.74) is 6.93. The van der Waals surface area contributed by atoms with Gasteiger partial charge in [0.05, 0.1) is 6.04 Å². The third-order valence-electron chi connectivity index (χ3n) is 2.76. The van der Waals surface area contributed by atoms with Crippen molar-refractivity contribution in [3.05, 3.63) is 23.8 Å². The van der Waals surface area contributed by atoms with Gasteiger partial charge in [0.25, 0.3) is 0 Å². The first-order chi connectivity index (χ1) is 7.59. The van der Waals surface area contributed by atoms with Gasteiger partial charge >= 0.3 is 0 Å². The van der Waals surface area contributed by atoms with Gasteiger partial charge in [-0.25, -0.2) is 4.42 Å². The maximum Gasteiger partial charge on any atom is 0.0513 e. The van der Waals surface area contributed by atoms with Crippen LogP contribution in [0.3, 0.4) is 0 Å². The topological polar surface area (TPSA) is 69.4 Å². The normalized spacial score (nSPS) is 23.5. The Labute approximate surface area is 102 Å². The van der Waals surface area contributed by atoms with E-state index >= 15 is 0 Å². The van der Waals surface area contributed by atoms with Crippen molar-refractivity contribution in [3.8, 4) is 0 Å². The minimum Gasteiger partial charge on any atom is -0.768 e. The molecular formula is C10H12ClN2O2S-. The number of hydrogen-bond acceptors (Lipinski definition) is 4. The van der Waals surface area contributed by atoms with Gasteiger partial charge < -0.3 is 10.3 Å². The lowest BCUT2D eigenvalue weighted by Gasteiger charge is -2.21. The molecule has 1 aromatic rings. The quantitative estimate of drug-likeness (QED) is 0.500. The molecule has 2 unspecified atom stereocenters. The van der Waals surface area contributed by atoms with E-state index in [1.165, 1.54) is 6.07 Å². The summed E-state index contributed by atoms with van der Waals surface area (Å²) in [5.74, 6) is 0. The Kier molecular flexibility index (Phi) is 3.49. The number of nitrogen functional groups attached to an aromatic ring is 1. The molecule has 1 aliphatic rings. The number of benzene rings is 1. The molecule has 0 spiro atoms. The predicted octanol–water partition coefficient (Wildman–Crippen LogP) is 1.80. The zero-order valence-corrected chi connectivity index (χ0v) is 10.1. The van der Waals surface area contributed by atoms with E-state index in [1.807, 2.05) is 0 Å². The van der Waals surface area contributed by atoms with Crippen LogP contribution in [0.4, 0.5) is 5.69 Å². The number of hydrogen-bond donors (Lipinski definition) is 1. The Hall–Kier alpha value is -0.620. The molecule has 2 rings (SSSR count). The molecule has 2 atom stereocenters. The highest BCUT2D eigenvalue weighted by Gasteiger charge is 2.26. The molecule has 6 heteroatoms. The van der Waals surface area contributed by atoms with E-state index in [-0.39, 0.29) is 10.9 Å². The summed E-state index contributed by atoms with van der Waals surface area (Å²) in [6, 6.07) is 4.74. The van der Waals surface area contributed by atoms with Crippen molar-refractivity contribution in [3.63, 3.8) is 0 Å². The highest BCUT2D eigenvalue weighted by atomic mass is 35.5. The maximum atomic E-state index is 11.1. The van der Waals surface area contributed by atoms with Crippen LogP contribution in [0.15, 0.2) is 23.1 Å². The van der Waals surface area contributed by atoms with Crippen LogP contribution in [0.25, 0.3) is 0 Å². The summed E-state index contributed by atoms with van der Waals surface area (Å²) in [6.07, 6.45) is 1.82. The van der Waals surface area contributed by atoms with Crippen molar-refractivity contribution in [2.45, 2.75) is 23.8 Å². The minimum absolute atomic E-state index is 0.0573. The van der Waals surface area contributed by atoms with Gasteiger partial charge in [0.1, 0.15) is 0 Å². The molecule has 0 amide bonds. The van der Waals surface area contributed by atoms with Crippen LogP contribution >= 0.6 is 11.8 Å². The first-order valence-electron chi connectivity index (χ1n) is 5.00. The van der Waals surface area contributed by atoms with E-state index in [1.54, 1.807) is 16.6 Å². The molecule has 4 nitrogen and oxygen atoms in total. The van der Waals surface area contributed by atoms with Crippen molar-refractivity contribution in [2.75, 3.05) is 12.3 Å². The molecule has 16 heavy (non-hydrogen) atoms. The van der Waals surface area contributed by atoms with Crippen molar-refractivity contribution in [2.24, 2.45) is 0 Å². The van der Waals surface area contributed by atoms with Crippen molar-refractivity contribution < 1.29 is 8.76 Å². The number of nitrogens with two attached hydrogens (primary N) is 1. The second-order valence-electron chi connectivity index (χ2n) is 3.81. The van der Waals surface area contributed by atoms with E-state index < -0.39 is 11.1 Å². The molecule has 88 valence electrons. The highest BCUT2D eigenvalue weighted by Crippen LogP contribution is 2.36. The Morgan fingerprint density at radius 1 is 1.56 bits per heavy atom. The molecule has 0 aromatic heterocycles. The van der Waals surface area contributed by atoms with Gasteiger partial charge in [0, 0.05) is 17.1 Å². The molecule has 0 bridgehead atoms. The second kappa shape index (κ2) is 4.71. The van der Waals surface area contributed by atoms with Gasteiger partial charge in [0.2, 0.25) is 0 Å².